The number of nitrogens with one attached hydrogen (secondary N) is 1. The van der Waals surface area contributed by atoms with Crippen molar-refractivity contribution in [3.63, 3.8) is 0 Å². The third-order valence-corrected chi connectivity index (χ3v) is 6.67. The van der Waals surface area contributed by atoms with Crippen LogP contribution in [-0.2, 0) is 21.0 Å². The van der Waals surface area contributed by atoms with Crippen molar-refractivity contribution in [1.29, 1.82) is 0 Å². The number of rotatable bonds is 6. The van der Waals surface area contributed by atoms with Gasteiger partial charge in [-0.05, 0) is 48.9 Å². The van der Waals surface area contributed by atoms with Gasteiger partial charge in [-0.1, -0.05) is 48.0 Å². The molecule has 0 atom stereocenters. The Morgan fingerprint density at radius 3 is 2.25 bits per heavy atom. The van der Waals surface area contributed by atoms with E-state index in [0.29, 0.717) is 16.1 Å². The molecule has 0 aliphatic rings. The molecule has 0 aliphatic heterocycles. The molecule has 168 valence electrons. The van der Waals surface area contributed by atoms with E-state index < -0.39 is 39.9 Å². The quantitative estimate of drug-likeness (QED) is 0.504. The maximum Gasteiger partial charge on any atom is 0.416 e. The molecule has 0 saturated carbocycles. The van der Waals surface area contributed by atoms with Gasteiger partial charge in [0.2, 0.25) is 5.91 Å². The number of anilines is 2. The van der Waals surface area contributed by atoms with Crippen molar-refractivity contribution >= 4 is 38.9 Å². The summed E-state index contributed by atoms with van der Waals surface area (Å²) in [6, 6.07) is 16.2. The van der Waals surface area contributed by atoms with Crippen molar-refractivity contribution in [3.05, 3.63) is 88.9 Å². The molecule has 10 heteroatoms. The summed E-state index contributed by atoms with van der Waals surface area (Å²) < 4.78 is 67.1. The van der Waals surface area contributed by atoms with Crippen LogP contribution in [0, 0.1) is 6.92 Å². The highest BCUT2D eigenvalue weighted by molar-refractivity contribution is 7.92. The van der Waals surface area contributed by atoms with Crippen LogP contribution in [0.25, 0.3) is 0 Å². The number of benzene rings is 3. The first-order chi connectivity index (χ1) is 15.0. The molecule has 0 spiro atoms. The first-order valence-corrected chi connectivity index (χ1v) is 11.1. The highest BCUT2D eigenvalue weighted by atomic mass is 35.5. The van der Waals surface area contributed by atoms with Crippen LogP contribution in [0.1, 0.15) is 11.1 Å². The molecule has 3 rings (SSSR count). The van der Waals surface area contributed by atoms with Crippen molar-refractivity contribution in [3.8, 4) is 0 Å². The summed E-state index contributed by atoms with van der Waals surface area (Å²) in [5.41, 5.74) is -0.366. The van der Waals surface area contributed by atoms with Crippen LogP contribution in [-0.4, -0.2) is 20.9 Å². The lowest BCUT2D eigenvalue weighted by molar-refractivity contribution is -0.137. The molecule has 32 heavy (non-hydrogen) atoms. The van der Waals surface area contributed by atoms with Crippen LogP contribution >= 0.6 is 11.6 Å². The van der Waals surface area contributed by atoms with E-state index in [1.165, 1.54) is 24.3 Å². The first kappa shape index (κ1) is 23.6. The summed E-state index contributed by atoms with van der Waals surface area (Å²) in [5.74, 6) is -0.743. The number of hydrogen-bond acceptors (Lipinski definition) is 3. The Hall–Kier alpha value is -3.04. The minimum Gasteiger partial charge on any atom is -0.324 e. The molecule has 1 amide bonds. The number of amides is 1. The lowest BCUT2D eigenvalue weighted by Gasteiger charge is -2.26. The highest BCUT2D eigenvalue weighted by Crippen LogP contribution is 2.37. The van der Waals surface area contributed by atoms with Gasteiger partial charge in [0.15, 0.2) is 0 Å². The number of hydrogen-bond donors (Lipinski definition) is 1. The van der Waals surface area contributed by atoms with Gasteiger partial charge in [0.25, 0.3) is 10.0 Å². The lowest BCUT2D eigenvalue weighted by Crippen LogP contribution is -2.38. The molecule has 0 aliphatic carbocycles. The fraction of sp³-hybridized carbons (Fsp3) is 0.136. The summed E-state index contributed by atoms with van der Waals surface area (Å²) in [6.07, 6.45) is -4.73. The van der Waals surface area contributed by atoms with E-state index in [2.05, 4.69) is 5.32 Å². The van der Waals surface area contributed by atoms with E-state index in [1.54, 1.807) is 37.3 Å². The molecule has 0 saturated heterocycles. The predicted molar refractivity (Wildman–Crippen MR) is 117 cm³/mol. The minimum absolute atomic E-state index is 0.197. The molecule has 0 radical (unpaired) electrons. The Morgan fingerprint density at radius 2 is 1.62 bits per heavy atom. The highest BCUT2D eigenvalue weighted by Gasteiger charge is 2.34. The molecular weight excluding hydrogens is 465 g/mol. The van der Waals surface area contributed by atoms with Gasteiger partial charge in [0.1, 0.15) is 6.54 Å². The molecule has 3 aromatic carbocycles. The van der Waals surface area contributed by atoms with Gasteiger partial charge >= 0.3 is 6.18 Å². The Labute approximate surface area is 188 Å². The van der Waals surface area contributed by atoms with Gasteiger partial charge in [0, 0.05) is 5.69 Å². The van der Waals surface area contributed by atoms with Crippen LogP contribution < -0.4 is 9.62 Å². The van der Waals surface area contributed by atoms with E-state index in [1.807, 2.05) is 0 Å². The molecule has 5 nitrogen and oxygen atoms in total. The lowest BCUT2D eigenvalue weighted by atomic mass is 10.2. The first-order valence-electron chi connectivity index (χ1n) is 9.30. The van der Waals surface area contributed by atoms with Gasteiger partial charge in [0.05, 0.1) is 21.2 Å². The van der Waals surface area contributed by atoms with E-state index in [4.69, 9.17) is 11.6 Å². The normalized spacial score (nSPS) is 11.8. The van der Waals surface area contributed by atoms with Crippen molar-refractivity contribution in [2.75, 3.05) is 16.2 Å². The molecule has 0 unspecified atom stereocenters. The number of carbonyl (C=O) groups excluding carboxylic acids is 1. The third kappa shape index (κ3) is 5.23. The molecule has 0 aromatic heterocycles. The third-order valence-electron chi connectivity index (χ3n) is 4.58. The monoisotopic (exact) mass is 482 g/mol. The SMILES string of the molecule is Cc1ccccc1NC(=O)CN(c1cc(C(F)(F)F)ccc1Cl)S(=O)(=O)c1ccccc1. The number of para-hydroxylation sites is 1. The zero-order valence-electron chi connectivity index (χ0n) is 16.7. The summed E-state index contributed by atoms with van der Waals surface area (Å²) in [7, 11) is -4.42. The number of alkyl halides is 3. The zero-order chi connectivity index (χ0) is 23.5. The van der Waals surface area contributed by atoms with Crippen molar-refractivity contribution < 1.29 is 26.4 Å². The zero-order valence-corrected chi connectivity index (χ0v) is 18.3. The molecule has 0 bridgehead atoms. The Morgan fingerprint density at radius 1 is 1.00 bits per heavy atom. The van der Waals surface area contributed by atoms with Crippen LogP contribution in [0.5, 0.6) is 0 Å². The second-order valence-electron chi connectivity index (χ2n) is 6.85. The maximum atomic E-state index is 13.3. The van der Waals surface area contributed by atoms with E-state index >= 15 is 0 Å². The second kappa shape index (κ2) is 9.22. The van der Waals surface area contributed by atoms with Crippen LogP contribution in [0.15, 0.2) is 77.7 Å². The van der Waals surface area contributed by atoms with E-state index in [-0.39, 0.29) is 9.92 Å². The minimum atomic E-state index is -4.73. The fourth-order valence-corrected chi connectivity index (χ4v) is 4.66. The second-order valence-corrected chi connectivity index (χ2v) is 9.12. The van der Waals surface area contributed by atoms with Crippen molar-refractivity contribution in [2.45, 2.75) is 18.0 Å². The molecule has 0 fully saturated rings. The molecule has 1 N–H and O–H groups in total. The van der Waals surface area contributed by atoms with Crippen LogP contribution in [0.3, 0.4) is 0 Å². The van der Waals surface area contributed by atoms with E-state index in [0.717, 1.165) is 17.7 Å². The summed E-state index contributed by atoms with van der Waals surface area (Å²) >= 11 is 6.10. The Balaban J connectivity index is 2.07. The summed E-state index contributed by atoms with van der Waals surface area (Å²) in [5, 5.41) is 2.34. The summed E-state index contributed by atoms with van der Waals surface area (Å²) in [4.78, 5) is 12.5. The van der Waals surface area contributed by atoms with Gasteiger partial charge in [-0.15, -0.1) is 0 Å². The number of carbonyl (C=O) groups is 1. The molecule has 3 aromatic rings. The average molecular weight is 483 g/mol. The standard InChI is InChI=1S/C22H18ClF3N2O3S/c1-15-7-5-6-10-19(15)27-21(29)14-28(32(30,31)17-8-3-2-4-9-17)20-13-16(22(24,25)26)11-12-18(20)23/h2-13H,14H2,1H3,(H,27,29). The summed E-state index contributed by atoms with van der Waals surface area (Å²) in [6.45, 7) is 0.963. The largest absolute Gasteiger partial charge is 0.416 e. The van der Waals surface area contributed by atoms with Crippen LogP contribution in [0.2, 0.25) is 5.02 Å². The Kier molecular flexibility index (Phi) is 6.80. The fourth-order valence-electron chi connectivity index (χ4n) is 2.93. The average Bonchev–Trinajstić information content (AvgIpc) is 2.74. The Bertz CT molecular complexity index is 1230. The van der Waals surface area contributed by atoms with Gasteiger partial charge in [-0.25, -0.2) is 8.42 Å². The number of sulfonamides is 1. The van der Waals surface area contributed by atoms with E-state index in [9.17, 15) is 26.4 Å². The van der Waals surface area contributed by atoms with Gasteiger partial charge in [-0.2, -0.15) is 13.2 Å². The van der Waals surface area contributed by atoms with Gasteiger partial charge < -0.3 is 5.32 Å². The van der Waals surface area contributed by atoms with Gasteiger partial charge in [-0.3, -0.25) is 9.10 Å². The number of aryl methyl sites for hydroxylation is 1. The predicted octanol–water partition coefficient (Wildman–Crippen LogP) is 5.50. The molecule has 0 heterocycles. The van der Waals surface area contributed by atoms with Crippen molar-refractivity contribution in [2.24, 2.45) is 0 Å². The molecular formula is C22H18ClF3N2O3S. The topological polar surface area (TPSA) is 66.5 Å². The number of halogens is 4. The number of nitrogens with zero attached hydrogens (tertiary/aromatic N) is 1. The van der Waals surface area contributed by atoms with Crippen molar-refractivity contribution in [1.82, 2.24) is 0 Å². The maximum absolute atomic E-state index is 13.3. The van der Waals surface area contributed by atoms with Crippen LogP contribution in [0.4, 0.5) is 24.5 Å². The smallest absolute Gasteiger partial charge is 0.324 e.